The lowest BCUT2D eigenvalue weighted by molar-refractivity contribution is -0.125. The lowest BCUT2D eigenvalue weighted by atomic mass is 10.0. The zero-order valence-corrected chi connectivity index (χ0v) is 17.2. The van der Waals surface area contributed by atoms with Crippen LogP contribution in [0, 0.1) is 0 Å². The Hall–Kier alpha value is -2.25. The van der Waals surface area contributed by atoms with Gasteiger partial charge in [0.05, 0.1) is 11.8 Å². The molecule has 0 radical (unpaired) electrons. The van der Waals surface area contributed by atoms with Gasteiger partial charge in [0, 0.05) is 10.3 Å². The molecule has 1 aromatic carbocycles. The molecular formula is C21H21N3O2S2. The van der Waals surface area contributed by atoms with E-state index in [4.69, 9.17) is 0 Å². The first-order valence-electron chi connectivity index (χ1n) is 9.33. The Morgan fingerprint density at radius 1 is 1.21 bits per heavy atom. The first-order valence-corrected chi connectivity index (χ1v) is 11.1. The molecule has 0 spiro atoms. The summed E-state index contributed by atoms with van der Waals surface area (Å²) in [7, 11) is 0. The van der Waals surface area contributed by atoms with Crippen LogP contribution in [0.1, 0.15) is 29.3 Å². The molecule has 0 fully saturated rings. The van der Waals surface area contributed by atoms with E-state index < -0.39 is 6.04 Å². The average Bonchev–Trinajstić information content (AvgIpc) is 3.27. The highest BCUT2D eigenvalue weighted by Crippen LogP contribution is 2.39. The summed E-state index contributed by atoms with van der Waals surface area (Å²) >= 11 is 3.16. The van der Waals surface area contributed by atoms with Crippen molar-refractivity contribution in [1.82, 2.24) is 15.3 Å². The van der Waals surface area contributed by atoms with Crippen molar-refractivity contribution in [3.05, 3.63) is 52.7 Å². The van der Waals surface area contributed by atoms with Crippen molar-refractivity contribution in [2.45, 2.75) is 43.7 Å². The van der Waals surface area contributed by atoms with Crippen LogP contribution in [0.3, 0.4) is 0 Å². The number of carbonyl (C=O) groups is 2. The monoisotopic (exact) mass is 411 g/mol. The molecule has 5 nitrogen and oxygen atoms in total. The number of benzene rings is 1. The highest BCUT2D eigenvalue weighted by atomic mass is 32.2. The number of aromatic nitrogens is 2. The fourth-order valence-electron chi connectivity index (χ4n) is 3.53. The van der Waals surface area contributed by atoms with Crippen LogP contribution in [0.5, 0.6) is 0 Å². The summed E-state index contributed by atoms with van der Waals surface area (Å²) in [6, 6.07) is 9.22. The SMILES string of the molecule is CC(=O)[C@H](Cc1ccccc1)NC(=O)CSc1ncnc2sc3c(c12)CCC3. The molecule has 0 saturated heterocycles. The van der Waals surface area contributed by atoms with Gasteiger partial charge in [0.25, 0.3) is 0 Å². The van der Waals surface area contributed by atoms with Crippen molar-refractivity contribution in [3.8, 4) is 0 Å². The number of ketones is 1. The third kappa shape index (κ3) is 4.10. The summed E-state index contributed by atoms with van der Waals surface area (Å²) in [5.41, 5.74) is 2.39. The third-order valence-electron chi connectivity index (χ3n) is 4.92. The Bertz CT molecular complexity index is 1020. The molecule has 2 heterocycles. The van der Waals surface area contributed by atoms with Crippen LogP contribution in [0.4, 0.5) is 0 Å². The molecular weight excluding hydrogens is 390 g/mol. The number of hydrogen-bond donors (Lipinski definition) is 1. The van der Waals surface area contributed by atoms with Crippen molar-refractivity contribution < 1.29 is 9.59 Å². The number of nitrogens with zero attached hydrogens (tertiary/aromatic N) is 2. The van der Waals surface area contributed by atoms with E-state index in [0.29, 0.717) is 6.42 Å². The van der Waals surface area contributed by atoms with Crippen molar-refractivity contribution >= 4 is 45.0 Å². The van der Waals surface area contributed by atoms with Gasteiger partial charge in [0.2, 0.25) is 5.91 Å². The Kier molecular flexibility index (Phi) is 5.73. The zero-order valence-electron chi connectivity index (χ0n) is 15.6. The number of thioether (sulfide) groups is 1. The number of nitrogens with one attached hydrogen (secondary N) is 1. The molecule has 1 aliphatic rings. The maximum atomic E-state index is 12.5. The number of aryl methyl sites for hydroxylation is 2. The van der Waals surface area contributed by atoms with Crippen LogP contribution >= 0.6 is 23.1 Å². The van der Waals surface area contributed by atoms with Crippen LogP contribution in [0.15, 0.2) is 41.7 Å². The van der Waals surface area contributed by atoms with Crippen LogP contribution < -0.4 is 5.32 Å². The van der Waals surface area contributed by atoms with Crippen molar-refractivity contribution in [2.24, 2.45) is 0 Å². The first kappa shape index (κ1) is 19.1. The number of rotatable bonds is 7. The summed E-state index contributed by atoms with van der Waals surface area (Å²) < 4.78 is 0. The summed E-state index contributed by atoms with van der Waals surface area (Å²) in [5, 5.41) is 4.86. The van der Waals surface area contributed by atoms with E-state index in [0.717, 1.165) is 33.6 Å². The molecule has 0 aliphatic heterocycles. The molecule has 28 heavy (non-hydrogen) atoms. The number of amides is 1. The number of carbonyl (C=O) groups excluding carboxylic acids is 2. The molecule has 1 atom stereocenters. The quantitative estimate of drug-likeness (QED) is 0.475. The number of fused-ring (bicyclic) bond motifs is 3. The van der Waals surface area contributed by atoms with Gasteiger partial charge < -0.3 is 5.32 Å². The highest BCUT2D eigenvalue weighted by molar-refractivity contribution is 8.00. The predicted molar refractivity (Wildman–Crippen MR) is 113 cm³/mol. The smallest absolute Gasteiger partial charge is 0.231 e. The van der Waals surface area contributed by atoms with Crippen molar-refractivity contribution in [2.75, 3.05) is 5.75 Å². The van der Waals surface area contributed by atoms with Crippen LogP contribution in [0.25, 0.3) is 10.2 Å². The minimum atomic E-state index is -0.508. The number of thiophene rings is 1. The molecule has 2 aromatic heterocycles. The van der Waals surface area contributed by atoms with Crippen LogP contribution in [-0.2, 0) is 28.9 Å². The topological polar surface area (TPSA) is 72.0 Å². The summed E-state index contributed by atoms with van der Waals surface area (Å²) in [6.07, 6.45) is 5.42. The Labute approximate surface area is 172 Å². The van der Waals surface area contributed by atoms with Gasteiger partial charge in [0.15, 0.2) is 5.78 Å². The van der Waals surface area contributed by atoms with Gasteiger partial charge in [-0.3, -0.25) is 9.59 Å². The molecule has 1 aliphatic carbocycles. The van der Waals surface area contributed by atoms with E-state index in [1.807, 2.05) is 30.3 Å². The second kappa shape index (κ2) is 8.41. The molecule has 3 aromatic rings. The van der Waals surface area contributed by atoms with Gasteiger partial charge in [-0.15, -0.1) is 11.3 Å². The van der Waals surface area contributed by atoms with E-state index in [1.54, 1.807) is 17.7 Å². The standard InChI is InChI=1S/C21H21N3O2S2/c1-13(25)16(10-14-6-3-2-4-7-14)24-18(26)11-27-20-19-15-8-5-9-17(15)28-21(19)23-12-22-20/h2-4,6-7,12,16H,5,8-11H2,1H3,(H,24,26)/t16-/m0/s1. The van der Waals surface area contributed by atoms with Gasteiger partial charge in [0.1, 0.15) is 16.2 Å². The molecule has 0 unspecified atom stereocenters. The van der Waals surface area contributed by atoms with Gasteiger partial charge >= 0.3 is 0 Å². The second-order valence-corrected chi connectivity index (χ2v) is 8.97. The van der Waals surface area contributed by atoms with Crippen LogP contribution in [0.2, 0.25) is 0 Å². The van der Waals surface area contributed by atoms with Crippen molar-refractivity contribution in [3.63, 3.8) is 0 Å². The van der Waals surface area contributed by atoms with Gasteiger partial charge in [-0.2, -0.15) is 0 Å². The average molecular weight is 412 g/mol. The van der Waals surface area contributed by atoms with Crippen molar-refractivity contribution in [1.29, 1.82) is 0 Å². The normalized spacial score (nSPS) is 14.0. The van der Waals surface area contributed by atoms with Gasteiger partial charge in [-0.25, -0.2) is 9.97 Å². The van der Waals surface area contributed by atoms with Crippen LogP contribution in [-0.4, -0.2) is 33.5 Å². The molecule has 0 bridgehead atoms. The van der Waals surface area contributed by atoms with Gasteiger partial charge in [-0.05, 0) is 43.7 Å². The molecule has 7 heteroatoms. The maximum absolute atomic E-state index is 12.5. The minimum Gasteiger partial charge on any atom is -0.345 e. The predicted octanol–water partition coefficient (Wildman–Crippen LogP) is 3.59. The first-order chi connectivity index (χ1) is 13.6. The van der Waals surface area contributed by atoms with E-state index in [9.17, 15) is 9.59 Å². The summed E-state index contributed by atoms with van der Waals surface area (Å²) in [4.78, 5) is 35.7. The minimum absolute atomic E-state index is 0.0396. The van der Waals surface area contributed by atoms with E-state index >= 15 is 0 Å². The Morgan fingerprint density at radius 2 is 2.04 bits per heavy atom. The Morgan fingerprint density at radius 3 is 2.82 bits per heavy atom. The largest absolute Gasteiger partial charge is 0.345 e. The number of hydrogen-bond acceptors (Lipinski definition) is 6. The molecule has 1 amide bonds. The third-order valence-corrected chi connectivity index (χ3v) is 7.10. The lowest BCUT2D eigenvalue weighted by Crippen LogP contribution is -2.42. The fraction of sp³-hybridized carbons (Fsp3) is 0.333. The maximum Gasteiger partial charge on any atom is 0.231 e. The molecule has 1 N–H and O–H groups in total. The van der Waals surface area contributed by atoms with E-state index in [1.165, 1.54) is 35.5 Å². The zero-order chi connectivity index (χ0) is 19.5. The van der Waals surface area contributed by atoms with E-state index in [-0.39, 0.29) is 17.4 Å². The molecule has 0 saturated carbocycles. The molecule has 144 valence electrons. The van der Waals surface area contributed by atoms with E-state index in [2.05, 4.69) is 15.3 Å². The lowest BCUT2D eigenvalue weighted by Gasteiger charge is -2.16. The Balaban J connectivity index is 1.43. The molecule has 4 rings (SSSR count). The second-order valence-electron chi connectivity index (χ2n) is 6.93. The highest BCUT2D eigenvalue weighted by Gasteiger charge is 2.22. The summed E-state index contributed by atoms with van der Waals surface area (Å²) in [5.74, 6) is 0.0389. The summed E-state index contributed by atoms with van der Waals surface area (Å²) in [6.45, 7) is 1.52. The van der Waals surface area contributed by atoms with Gasteiger partial charge in [-0.1, -0.05) is 42.1 Å². The number of Topliss-reactive ketones (excluding diaryl/α,β-unsaturated/α-hetero) is 1. The fourth-order valence-corrected chi connectivity index (χ4v) is 5.66.